The molecule has 3 aromatic carbocycles. The van der Waals surface area contributed by atoms with Crippen molar-refractivity contribution in [2.75, 3.05) is 4.90 Å². The first-order valence-electron chi connectivity index (χ1n) is 9.48. The van der Waals surface area contributed by atoms with E-state index in [-0.39, 0.29) is 35.5 Å². The molecule has 1 saturated heterocycles. The van der Waals surface area contributed by atoms with E-state index >= 15 is 0 Å². The number of hydrogen-bond donors (Lipinski definition) is 0. The van der Waals surface area contributed by atoms with Gasteiger partial charge >= 0.3 is 0 Å². The molecule has 7 rings (SSSR count). The third-order valence-corrected chi connectivity index (χ3v) is 7.25. The Morgan fingerprint density at radius 3 is 1.39 bits per heavy atom. The van der Waals surface area contributed by atoms with Gasteiger partial charge in [-0.2, -0.15) is 0 Å². The molecule has 0 radical (unpaired) electrons. The van der Waals surface area contributed by atoms with Crippen molar-refractivity contribution in [3.63, 3.8) is 0 Å². The van der Waals surface area contributed by atoms with Crippen molar-refractivity contribution in [2.45, 2.75) is 11.8 Å². The summed E-state index contributed by atoms with van der Waals surface area (Å²) in [5.41, 5.74) is 5.50. The van der Waals surface area contributed by atoms with Crippen LogP contribution < -0.4 is 4.90 Å². The summed E-state index contributed by atoms with van der Waals surface area (Å²) in [6, 6.07) is 24.3. The van der Waals surface area contributed by atoms with Crippen molar-refractivity contribution in [1.82, 2.24) is 0 Å². The fraction of sp³-hybridized carbons (Fsp3) is 0.167. The van der Waals surface area contributed by atoms with Crippen LogP contribution in [0.4, 0.5) is 5.69 Å². The molecule has 136 valence electrons. The number of anilines is 1. The molecular weight excluding hydrogens is 461 g/mol. The second-order valence-electron chi connectivity index (χ2n) is 7.75. The van der Waals surface area contributed by atoms with Gasteiger partial charge in [0.15, 0.2) is 0 Å². The van der Waals surface area contributed by atoms with Crippen LogP contribution in [0.5, 0.6) is 0 Å². The predicted molar refractivity (Wildman–Crippen MR) is 115 cm³/mol. The van der Waals surface area contributed by atoms with E-state index in [0.29, 0.717) is 5.69 Å². The molecular formula is C24H16INO2. The lowest BCUT2D eigenvalue weighted by Crippen LogP contribution is -2.41. The Balaban J connectivity index is 1.57. The first-order chi connectivity index (χ1) is 13.7. The second kappa shape index (κ2) is 5.77. The second-order valence-corrected chi connectivity index (χ2v) is 9.00. The summed E-state index contributed by atoms with van der Waals surface area (Å²) >= 11 is 2.23. The number of halogens is 1. The Morgan fingerprint density at radius 1 is 0.607 bits per heavy atom. The summed E-state index contributed by atoms with van der Waals surface area (Å²) in [5, 5.41) is 0. The van der Waals surface area contributed by atoms with Crippen LogP contribution in [0.2, 0.25) is 0 Å². The van der Waals surface area contributed by atoms with E-state index in [4.69, 9.17) is 0 Å². The van der Waals surface area contributed by atoms with Gasteiger partial charge in [0.1, 0.15) is 0 Å². The van der Waals surface area contributed by atoms with Crippen molar-refractivity contribution in [1.29, 1.82) is 0 Å². The summed E-state index contributed by atoms with van der Waals surface area (Å²) in [4.78, 5) is 28.5. The van der Waals surface area contributed by atoms with Crippen LogP contribution in [-0.4, -0.2) is 11.8 Å². The molecule has 3 aliphatic carbocycles. The van der Waals surface area contributed by atoms with E-state index in [9.17, 15) is 9.59 Å². The molecule has 2 bridgehead atoms. The lowest BCUT2D eigenvalue weighted by atomic mass is 9.55. The number of imide groups is 1. The zero-order valence-electron chi connectivity index (χ0n) is 14.9. The highest BCUT2D eigenvalue weighted by atomic mass is 127. The van der Waals surface area contributed by atoms with Gasteiger partial charge in [-0.3, -0.25) is 9.59 Å². The Labute approximate surface area is 176 Å². The summed E-state index contributed by atoms with van der Waals surface area (Å²) in [6.45, 7) is 0. The van der Waals surface area contributed by atoms with Gasteiger partial charge in [0.2, 0.25) is 11.8 Å². The quantitative estimate of drug-likeness (QED) is 0.377. The minimum atomic E-state index is -0.318. The zero-order valence-corrected chi connectivity index (χ0v) is 17.0. The molecule has 28 heavy (non-hydrogen) atoms. The number of amides is 2. The molecule has 2 atom stereocenters. The highest BCUT2D eigenvalue weighted by Crippen LogP contribution is 2.61. The number of hydrogen-bond acceptors (Lipinski definition) is 2. The molecule has 1 heterocycles. The van der Waals surface area contributed by atoms with Crippen LogP contribution in [0.25, 0.3) is 0 Å². The molecule has 0 aromatic heterocycles. The van der Waals surface area contributed by atoms with Gasteiger partial charge in [-0.25, -0.2) is 4.90 Å². The number of rotatable bonds is 1. The molecule has 3 aromatic rings. The number of carbonyl (C=O) groups is 2. The van der Waals surface area contributed by atoms with E-state index in [0.717, 1.165) is 3.57 Å². The van der Waals surface area contributed by atoms with Gasteiger partial charge in [0.05, 0.1) is 17.5 Å². The SMILES string of the molecule is O=C1[C@H]2C3c4ccccc4C(c4ccccc43)[C@@H]2C(=O)N1c1ccc(I)cc1. The molecule has 4 heteroatoms. The Hall–Kier alpha value is -2.47. The van der Waals surface area contributed by atoms with E-state index in [1.807, 2.05) is 48.5 Å². The Morgan fingerprint density at radius 2 is 1.00 bits per heavy atom. The van der Waals surface area contributed by atoms with Crippen molar-refractivity contribution in [3.05, 3.63) is 98.6 Å². The van der Waals surface area contributed by atoms with Gasteiger partial charge in [-0.15, -0.1) is 0 Å². The highest BCUT2D eigenvalue weighted by Gasteiger charge is 2.61. The third kappa shape index (κ3) is 1.99. The van der Waals surface area contributed by atoms with Crippen LogP contribution in [0, 0.1) is 15.4 Å². The Kier molecular flexibility index (Phi) is 3.39. The van der Waals surface area contributed by atoms with Crippen molar-refractivity contribution < 1.29 is 9.59 Å². The van der Waals surface area contributed by atoms with Crippen LogP contribution in [0.1, 0.15) is 34.1 Å². The molecule has 0 unspecified atom stereocenters. The van der Waals surface area contributed by atoms with Crippen molar-refractivity contribution >= 4 is 40.1 Å². The van der Waals surface area contributed by atoms with Crippen molar-refractivity contribution in [3.8, 4) is 0 Å². The molecule has 2 amide bonds. The average molecular weight is 477 g/mol. The monoisotopic (exact) mass is 477 g/mol. The average Bonchev–Trinajstić information content (AvgIpc) is 3.00. The van der Waals surface area contributed by atoms with E-state index in [2.05, 4.69) is 46.9 Å². The number of nitrogens with zero attached hydrogens (tertiary/aromatic N) is 1. The smallest absolute Gasteiger partial charge is 0.238 e. The van der Waals surface area contributed by atoms with Gasteiger partial charge in [-0.1, -0.05) is 48.5 Å². The molecule has 0 N–H and O–H groups in total. The van der Waals surface area contributed by atoms with E-state index in [1.54, 1.807) is 0 Å². The molecule has 1 aliphatic heterocycles. The summed E-state index contributed by atoms with van der Waals surface area (Å²) in [5.74, 6) is -0.853. The maximum absolute atomic E-state index is 13.5. The first-order valence-corrected chi connectivity index (χ1v) is 10.6. The number of benzene rings is 3. The molecule has 3 nitrogen and oxygen atoms in total. The standard InChI is InChI=1S/C24H16INO2/c25-13-9-11-14(12-10-13)26-23(27)21-19-15-5-1-2-6-16(15)20(22(21)24(26)28)18-8-4-3-7-17(18)19/h1-12,19-22H/t19?,20?,21-,22-/m0/s1. The van der Waals surface area contributed by atoms with Crippen molar-refractivity contribution in [2.24, 2.45) is 11.8 Å². The molecule has 0 saturated carbocycles. The topological polar surface area (TPSA) is 37.4 Å². The Bertz CT molecular complexity index is 1040. The van der Waals surface area contributed by atoms with E-state index in [1.165, 1.54) is 27.2 Å². The zero-order chi connectivity index (χ0) is 19.0. The summed E-state index contributed by atoms with van der Waals surface area (Å²) in [7, 11) is 0. The molecule has 1 fully saturated rings. The van der Waals surface area contributed by atoms with Gasteiger partial charge in [0.25, 0.3) is 0 Å². The van der Waals surface area contributed by atoms with Gasteiger partial charge < -0.3 is 0 Å². The lowest BCUT2D eigenvalue weighted by molar-refractivity contribution is -0.122. The fourth-order valence-corrected chi connectivity index (χ4v) is 5.88. The van der Waals surface area contributed by atoms with Crippen LogP contribution in [-0.2, 0) is 9.59 Å². The maximum atomic E-state index is 13.5. The third-order valence-electron chi connectivity index (χ3n) is 6.53. The van der Waals surface area contributed by atoms with Crippen LogP contribution >= 0.6 is 22.6 Å². The lowest BCUT2D eigenvalue weighted by Gasteiger charge is -2.45. The minimum Gasteiger partial charge on any atom is -0.274 e. The first kappa shape index (κ1) is 16.5. The summed E-state index contributed by atoms with van der Waals surface area (Å²) < 4.78 is 1.08. The fourth-order valence-electron chi connectivity index (χ4n) is 5.52. The largest absolute Gasteiger partial charge is 0.274 e. The van der Waals surface area contributed by atoms with E-state index < -0.39 is 0 Å². The highest BCUT2D eigenvalue weighted by molar-refractivity contribution is 14.1. The predicted octanol–water partition coefficient (Wildman–Crippen LogP) is 4.69. The van der Waals surface area contributed by atoms with Crippen LogP contribution in [0.3, 0.4) is 0 Å². The maximum Gasteiger partial charge on any atom is 0.238 e. The van der Waals surface area contributed by atoms with Gasteiger partial charge in [0, 0.05) is 15.4 Å². The van der Waals surface area contributed by atoms with Crippen LogP contribution in [0.15, 0.2) is 72.8 Å². The summed E-state index contributed by atoms with van der Waals surface area (Å²) in [6.07, 6.45) is 0. The minimum absolute atomic E-state index is 0.0484. The normalized spacial score (nSPS) is 26.8. The molecule has 0 spiro atoms. The molecule has 4 aliphatic rings. The number of carbonyl (C=O) groups excluding carboxylic acids is 2. The van der Waals surface area contributed by atoms with Gasteiger partial charge in [-0.05, 0) is 69.1 Å².